The van der Waals surface area contributed by atoms with Crippen LogP contribution in [-0.2, 0) is 16.5 Å². The summed E-state index contributed by atoms with van der Waals surface area (Å²) in [7, 11) is 1.33. The van der Waals surface area contributed by atoms with E-state index in [1.807, 2.05) is 0 Å². The van der Waals surface area contributed by atoms with Gasteiger partial charge >= 0.3 is 6.18 Å². The molecule has 2 nitrogen and oxygen atoms in total. The van der Waals surface area contributed by atoms with E-state index in [1.54, 1.807) is 13.8 Å². The van der Waals surface area contributed by atoms with Gasteiger partial charge in [-0.2, -0.15) is 13.2 Å². The number of rotatable bonds is 4. The molecule has 1 rings (SSSR count). The number of alkyl halides is 3. The third-order valence-electron chi connectivity index (χ3n) is 3.09. The zero-order valence-electron chi connectivity index (χ0n) is 10.9. The van der Waals surface area contributed by atoms with E-state index in [-0.39, 0.29) is 18.1 Å². The van der Waals surface area contributed by atoms with E-state index in [1.165, 1.54) is 7.11 Å². The number of hydrogen-bond donors (Lipinski definition) is 1. The Bertz CT molecular complexity index is 443. The van der Waals surface area contributed by atoms with Crippen LogP contribution < -0.4 is 0 Å². The van der Waals surface area contributed by atoms with Crippen molar-refractivity contribution in [2.45, 2.75) is 25.6 Å². The van der Waals surface area contributed by atoms with Crippen LogP contribution in [0.3, 0.4) is 0 Å². The molecule has 1 atom stereocenters. The van der Waals surface area contributed by atoms with Crippen molar-refractivity contribution in [3.05, 3.63) is 35.1 Å². The SMILES string of the molecule is COCC(O)(c1ccc(F)c(C(F)(F)F)c1)C(C)C. The molecule has 0 saturated heterocycles. The number of halogens is 4. The lowest BCUT2D eigenvalue weighted by atomic mass is 9.83. The molecule has 1 aromatic carbocycles. The Hall–Kier alpha value is -1.14. The van der Waals surface area contributed by atoms with Gasteiger partial charge in [0.2, 0.25) is 0 Å². The molecule has 0 heterocycles. The van der Waals surface area contributed by atoms with Gasteiger partial charge in [0.15, 0.2) is 0 Å². The highest BCUT2D eigenvalue weighted by Crippen LogP contribution is 2.36. The molecule has 0 bridgehead atoms. The lowest BCUT2D eigenvalue weighted by molar-refractivity contribution is -0.140. The fraction of sp³-hybridized carbons (Fsp3) is 0.538. The summed E-state index contributed by atoms with van der Waals surface area (Å²) in [5.41, 5.74) is -3.00. The van der Waals surface area contributed by atoms with Crippen LogP contribution in [0.2, 0.25) is 0 Å². The van der Waals surface area contributed by atoms with Crippen LogP contribution in [0.4, 0.5) is 17.6 Å². The largest absolute Gasteiger partial charge is 0.419 e. The second-order valence-electron chi connectivity index (χ2n) is 4.70. The molecule has 19 heavy (non-hydrogen) atoms. The Balaban J connectivity index is 3.35. The molecule has 108 valence electrons. The molecule has 1 N–H and O–H groups in total. The van der Waals surface area contributed by atoms with Gasteiger partial charge in [-0.3, -0.25) is 0 Å². The average Bonchev–Trinajstić information content (AvgIpc) is 2.27. The predicted octanol–water partition coefficient (Wildman–Crippen LogP) is 3.33. The minimum Gasteiger partial charge on any atom is -0.382 e. The maximum atomic E-state index is 13.2. The molecular formula is C13H16F4O2. The van der Waals surface area contributed by atoms with Crippen LogP contribution >= 0.6 is 0 Å². The zero-order valence-corrected chi connectivity index (χ0v) is 10.9. The van der Waals surface area contributed by atoms with E-state index in [4.69, 9.17) is 4.74 Å². The average molecular weight is 280 g/mol. The molecule has 1 aromatic rings. The molecule has 0 aromatic heterocycles. The highest BCUT2D eigenvalue weighted by atomic mass is 19.4. The Morgan fingerprint density at radius 2 is 1.84 bits per heavy atom. The van der Waals surface area contributed by atoms with E-state index in [0.717, 1.165) is 6.07 Å². The van der Waals surface area contributed by atoms with Crippen LogP contribution in [0, 0.1) is 11.7 Å². The Labute approximate surface area is 109 Å². The van der Waals surface area contributed by atoms with Gasteiger partial charge in [0.05, 0.1) is 12.2 Å². The van der Waals surface area contributed by atoms with Crippen LogP contribution in [0.25, 0.3) is 0 Å². The molecule has 6 heteroatoms. The van der Waals surface area contributed by atoms with Crippen molar-refractivity contribution >= 4 is 0 Å². The number of methoxy groups -OCH3 is 1. The monoisotopic (exact) mass is 280 g/mol. The molecule has 0 radical (unpaired) electrons. The molecule has 1 unspecified atom stereocenters. The van der Waals surface area contributed by atoms with E-state index in [9.17, 15) is 22.7 Å². The third kappa shape index (κ3) is 3.25. The lowest BCUT2D eigenvalue weighted by Crippen LogP contribution is -2.37. The summed E-state index contributed by atoms with van der Waals surface area (Å²) in [6.07, 6.45) is -4.80. The first kappa shape index (κ1) is 15.9. The van der Waals surface area contributed by atoms with Crippen LogP contribution in [0.1, 0.15) is 25.0 Å². The first-order chi connectivity index (χ1) is 8.63. The molecule has 0 aliphatic carbocycles. The van der Waals surface area contributed by atoms with Gasteiger partial charge in [0.1, 0.15) is 11.4 Å². The quantitative estimate of drug-likeness (QED) is 0.857. The van der Waals surface area contributed by atoms with Crippen molar-refractivity contribution in [1.82, 2.24) is 0 Å². The molecule has 0 aliphatic heterocycles. The summed E-state index contributed by atoms with van der Waals surface area (Å²) in [6.45, 7) is 3.12. The number of hydrogen-bond acceptors (Lipinski definition) is 2. The van der Waals surface area contributed by atoms with Gasteiger partial charge in [-0.1, -0.05) is 19.9 Å². The molecule has 0 saturated carbocycles. The van der Waals surface area contributed by atoms with Crippen molar-refractivity contribution in [3.63, 3.8) is 0 Å². The van der Waals surface area contributed by atoms with Crippen molar-refractivity contribution in [2.75, 3.05) is 13.7 Å². The van der Waals surface area contributed by atoms with Gasteiger partial charge < -0.3 is 9.84 Å². The second-order valence-corrected chi connectivity index (χ2v) is 4.70. The van der Waals surface area contributed by atoms with Crippen LogP contribution in [-0.4, -0.2) is 18.8 Å². The minimum absolute atomic E-state index is 0.0157. The van der Waals surface area contributed by atoms with Gasteiger partial charge in [0, 0.05) is 7.11 Å². The molecule has 0 spiro atoms. The highest BCUT2D eigenvalue weighted by Gasteiger charge is 2.38. The van der Waals surface area contributed by atoms with Crippen LogP contribution in [0.5, 0.6) is 0 Å². The fourth-order valence-electron chi connectivity index (χ4n) is 1.82. The van der Waals surface area contributed by atoms with Crippen molar-refractivity contribution in [1.29, 1.82) is 0 Å². The first-order valence-corrected chi connectivity index (χ1v) is 5.71. The summed E-state index contributed by atoms with van der Waals surface area (Å²) >= 11 is 0. The third-order valence-corrected chi connectivity index (χ3v) is 3.09. The summed E-state index contributed by atoms with van der Waals surface area (Å²) in [6, 6.07) is 2.49. The standard InChI is InChI=1S/C13H16F4O2/c1-8(2)12(18,7-19-3)9-4-5-11(14)10(6-9)13(15,16)17/h4-6,8,18H,7H2,1-3H3. The summed E-state index contributed by atoms with van der Waals surface area (Å²) in [4.78, 5) is 0. The smallest absolute Gasteiger partial charge is 0.382 e. The summed E-state index contributed by atoms with van der Waals surface area (Å²) < 4.78 is 56.0. The van der Waals surface area contributed by atoms with Crippen molar-refractivity contribution in [3.8, 4) is 0 Å². The number of aliphatic hydroxyl groups is 1. The first-order valence-electron chi connectivity index (χ1n) is 5.71. The maximum Gasteiger partial charge on any atom is 0.419 e. The van der Waals surface area contributed by atoms with Crippen molar-refractivity contribution < 1.29 is 27.4 Å². The summed E-state index contributed by atoms with van der Waals surface area (Å²) in [5.74, 6) is -1.75. The number of benzene rings is 1. The van der Waals surface area contributed by atoms with E-state index in [0.29, 0.717) is 12.1 Å². The predicted molar refractivity (Wildman–Crippen MR) is 62.0 cm³/mol. The normalized spacial score (nSPS) is 15.6. The lowest BCUT2D eigenvalue weighted by Gasteiger charge is -2.32. The van der Waals surface area contributed by atoms with Gasteiger partial charge in [-0.05, 0) is 23.6 Å². The Kier molecular flexibility index (Phi) is 4.58. The Morgan fingerprint density at radius 3 is 2.26 bits per heavy atom. The molecule has 0 aliphatic rings. The van der Waals surface area contributed by atoms with Gasteiger partial charge in [0.25, 0.3) is 0 Å². The maximum absolute atomic E-state index is 13.2. The van der Waals surface area contributed by atoms with Gasteiger partial charge in [-0.15, -0.1) is 0 Å². The van der Waals surface area contributed by atoms with Gasteiger partial charge in [-0.25, -0.2) is 4.39 Å². The van der Waals surface area contributed by atoms with Crippen LogP contribution in [0.15, 0.2) is 18.2 Å². The zero-order chi connectivity index (χ0) is 14.8. The summed E-state index contributed by atoms with van der Waals surface area (Å²) in [5, 5.41) is 10.4. The topological polar surface area (TPSA) is 29.5 Å². The second kappa shape index (κ2) is 5.46. The fourth-order valence-corrected chi connectivity index (χ4v) is 1.82. The molecule has 0 amide bonds. The van der Waals surface area contributed by atoms with E-state index < -0.39 is 23.2 Å². The van der Waals surface area contributed by atoms with Crippen molar-refractivity contribution in [2.24, 2.45) is 5.92 Å². The Morgan fingerprint density at radius 1 is 1.26 bits per heavy atom. The highest BCUT2D eigenvalue weighted by molar-refractivity contribution is 5.31. The molecular weight excluding hydrogens is 264 g/mol. The number of ether oxygens (including phenoxy) is 1. The minimum atomic E-state index is -4.80. The van der Waals surface area contributed by atoms with E-state index in [2.05, 4.69) is 0 Å². The molecule has 0 fully saturated rings. The van der Waals surface area contributed by atoms with E-state index >= 15 is 0 Å².